The molecular formula is C25H36O9Zn. The third-order valence-corrected chi connectivity index (χ3v) is 8.65. The molecule has 35 heavy (non-hydrogen) atoms. The number of carboxylic acids is 2. The van der Waals surface area contributed by atoms with Crippen LogP contribution in [0.2, 0.25) is 0 Å². The molecule has 0 amide bonds. The Morgan fingerprint density at radius 2 is 1.60 bits per heavy atom. The third-order valence-electron chi connectivity index (χ3n) is 8.65. The number of aliphatic hydroxyl groups is 3. The largest absolute Gasteiger partial charge is 2.00 e. The van der Waals surface area contributed by atoms with Gasteiger partial charge in [0.25, 0.3) is 0 Å². The van der Waals surface area contributed by atoms with Crippen LogP contribution < -0.4 is 10.2 Å². The number of carbonyl (C=O) groups is 4. The molecule has 0 aromatic carbocycles. The topological polar surface area (TPSA) is 175 Å². The molecule has 4 aliphatic carbocycles. The summed E-state index contributed by atoms with van der Waals surface area (Å²) in [7, 11) is 0. The van der Waals surface area contributed by atoms with Gasteiger partial charge in [0.05, 0.1) is 6.10 Å². The molecule has 2 unspecified atom stereocenters. The molecule has 7 atom stereocenters. The van der Waals surface area contributed by atoms with Crippen molar-refractivity contribution < 1.29 is 64.2 Å². The van der Waals surface area contributed by atoms with Gasteiger partial charge in [-0.15, -0.1) is 0 Å². The summed E-state index contributed by atoms with van der Waals surface area (Å²) in [5, 5.41) is 49.5. The van der Waals surface area contributed by atoms with Gasteiger partial charge in [0.15, 0.2) is 11.6 Å². The second kappa shape index (κ2) is 11.7. The van der Waals surface area contributed by atoms with E-state index in [0.29, 0.717) is 19.3 Å². The fourth-order valence-electron chi connectivity index (χ4n) is 7.28. The van der Waals surface area contributed by atoms with E-state index in [4.69, 9.17) is 19.8 Å². The van der Waals surface area contributed by atoms with E-state index in [-0.39, 0.29) is 48.4 Å². The Morgan fingerprint density at radius 3 is 2.11 bits per heavy atom. The van der Waals surface area contributed by atoms with Crippen molar-refractivity contribution in [3.63, 3.8) is 0 Å². The number of fused-ring (bicyclic) bond motifs is 5. The maximum atomic E-state index is 12.4. The minimum atomic E-state index is -1.54. The van der Waals surface area contributed by atoms with Gasteiger partial charge in [-0.05, 0) is 81.6 Å². The first-order chi connectivity index (χ1) is 15.6. The van der Waals surface area contributed by atoms with Crippen LogP contribution in [0, 0.1) is 28.6 Å². The molecule has 4 rings (SSSR count). The number of aliphatic carboxylic acids is 2. The first-order valence-corrected chi connectivity index (χ1v) is 11.8. The fraction of sp³-hybridized carbons (Fsp3) is 0.760. The van der Waals surface area contributed by atoms with Crippen LogP contribution in [0.4, 0.5) is 0 Å². The predicted octanol–water partition coefficient (Wildman–Crippen LogP) is -0.708. The van der Waals surface area contributed by atoms with Crippen LogP contribution in [0.15, 0.2) is 11.6 Å². The van der Waals surface area contributed by atoms with Gasteiger partial charge in [-0.1, -0.05) is 19.4 Å². The average Bonchev–Trinajstić information content (AvgIpc) is 2.98. The summed E-state index contributed by atoms with van der Waals surface area (Å²) in [4.78, 5) is 42.0. The molecule has 0 aromatic rings. The first-order valence-electron chi connectivity index (χ1n) is 11.8. The van der Waals surface area contributed by atoms with Gasteiger partial charge in [0, 0.05) is 23.8 Å². The molecule has 0 spiro atoms. The Kier molecular flexibility index (Phi) is 10.6. The molecule has 0 heterocycles. The zero-order chi connectivity index (χ0) is 26.1. The summed E-state index contributed by atoms with van der Waals surface area (Å²) in [6.45, 7) is 5.40. The van der Waals surface area contributed by atoms with E-state index < -0.39 is 41.4 Å². The Bertz CT molecular complexity index is 851. The van der Waals surface area contributed by atoms with Crippen LogP contribution in [0.5, 0.6) is 0 Å². The second-order valence-electron chi connectivity index (χ2n) is 10.5. The maximum absolute atomic E-state index is 12.4. The van der Waals surface area contributed by atoms with Crippen LogP contribution in [-0.4, -0.2) is 57.1 Å². The molecule has 3 N–H and O–H groups in total. The summed E-state index contributed by atoms with van der Waals surface area (Å²) in [6.07, 6.45) is 5.74. The molecule has 0 radical (unpaired) electrons. The van der Waals surface area contributed by atoms with Gasteiger partial charge in [-0.2, -0.15) is 0 Å². The van der Waals surface area contributed by atoms with Crippen LogP contribution in [0.1, 0.15) is 72.6 Å². The number of ketones is 2. The van der Waals surface area contributed by atoms with Crippen LogP contribution in [-0.2, 0) is 38.7 Å². The number of aliphatic hydroxyl groups excluding tert-OH is 2. The summed E-state index contributed by atoms with van der Waals surface area (Å²) in [5.74, 6) is -2.03. The SMILES string of the molecule is CC(=O)[O-].CC(=O)[O-].C[C@]12CCC(=O)C=C1CCC1C2[C@@H](O)C[C@@]2(C)[C@H]1CC[C@]2(O)C(=O)CO.[Zn+2]. The van der Waals surface area contributed by atoms with E-state index in [2.05, 4.69) is 6.92 Å². The van der Waals surface area contributed by atoms with E-state index in [1.165, 1.54) is 5.57 Å². The van der Waals surface area contributed by atoms with Gasteiger partial charge in [0.1, 0.15) is 12.2 Å². The average molecular weight is 546 g/mol. The normalized spacial score (nSPS) is 38.9. The number of allylic oxidation sites excluding steroid dienone is 1. The van der Waals surface area contributed by atoms with Crippen LogP contribution >= 0.6 is 0 Å². The Morgan fingerprint density at radius 1 is 1.06 bits per heavy atom. The molecule has 9 nitrogen and oxygen atoms in total. The van der Waals surface area contributed by atoms with Crippen molar-refractivity contribution in [3.05, 3.63) is 11.6 Å². The standard InChI is InChI=1S/C21H30O5.2C2H4O2.Zn/c1-19-7-5-13(23)9-12(19)3-4-14-15-6-8-21(26,17(25)11-22)20(15,2)10-16(24)18(14)19;2*1-2(3)4;/h9,14-16,18,22,24,26H,3-8,10-11H2,1-2H3;2*1H3,(H,3,4);/q;;;+2/p-2/t14?,15-,16-,18?,19-,20-,21-;;;/m0.../s1. The number of rotatable bonds is 2. The van der Waals surface area contributed by atoms with E-state index in [1.54, 1.807) is 6.08 Å². The molecule has 10 heteroatoms. The summed E-state index contributed by atoms with van der Waals surface area (Å²) < 4.78 is 0. The molecule has 3 fully saturated rings. The van der Waals surface area contributed by atoms with Crippen molar-refractivity contribution in [2.45, 2.75) is 84.3 Å². The minimum Gasteiger partial charge on any atom is -0.550 e. The molecule has 0 aliphatic heterocycles. The van der Waals surface area contributed by atoms with Crippen molar-refractivity contribution in [3.8, 4) is 0 Å². The molecule has 0 bridgehead atoms. The Hall–Kier alpha value is -1.48. The van der Waals surface area contributed by atoms with E-state index in [1.807, 2.05) is 6.92 Å². The molecule has 0 saturated heterocycles. The van der Waals surface area contributed by atoms with Crippen LogP contribution in [0.3, 0.4) is 0 Å². The number of hydrogen-bond donors (Lipinski definition) is 3. The number of hydrogen-bond acceptors (Lipinski definition) is 9. The molecule has 0 aromatic heterocycles. The number of carboxylic acid groups (broad SMARTS) is 2. The molecule has 3 saturated carbocycles. The maximum Gasteiger partial charge on any atom is 2.00 e. The zero-order valence-corrected chi connectivity index (χ0v) is 24.0. The Balaban J connectivity index is 0.000000598. The van der Waals surface area contributed by atoms with E-state index in [0.717, 1.165) is 39.5 Å². The monoisotopic (exact) mass is 544 g/mol. The summed E-state index contributed by atoms with van der Waals surface area (Å²) >= 11 is 0. The third kappa shape index (κ3) is 5.92. The van der Waals surface area contributed by atoms with Crippen LogP contribution in [0.25, 0.3) is 0 Å². The van der Waals surface area contributed by atoms with Crippen molar-refractivity contribution in [1.29, 1.82) is 0 Å². The summed E-state index contributed by atoms with van der Waals surface area (Å²) in [6, 6.07) is 0. The van der Waals surface area contributed by atoms with Crippen molar-refractivity contribution in [2.24, 2.45) is 28.6 Å². The van der Waals surface area contributed by atoms with Crippen molar-refractivity contribution in [2.75, 3.05) is 6.61 Å². The number of Topliss-reactive ketones (excluding diaryl/α,β-unsaturated/α-hetero) is 1. The smallest absolute Gasteiger partial charge is 0.550 e. The molecule has 4 aliphatic rings. The summed E-state index contributed by atoms with van der Waals surface area (Å²) in [5.41, 5.74) is -1.23. The predicted molar refractivity (Wildman–Crippen MR) is 117 cm³/mol. The van der Waals surface area contributed by atoms with E-state index in [9.17, 15) is 24.9 Å². The fourth-order valence-corrected chi connectivity index (χ4v) is 7.28. The quantitative estimate of drug-likeness (QED) is 0.378. The molecule has 192 valence electrons. The first kappa shape index (κ1) is 31.6. The van der Waals surface area contributed by atoms with E-state index >= 15 is 0 Å². The van der Waals surface area contributed by atoms with Crippen molar-refractivity contribution in [1.82, 2.24) is 0 Å². The van der Waals surface area contributed by atoms with Gasteiger partial charge < -0.3 is 35.1 Å². The second-order valence-corrected chi connectivity index (χ2v) is 10.5. The zero-order valence-electron chi connectivity index (χ0n) is 21.0. The molecular weight excluding hydrogens is 510 g/mol. The minimum absolute atomic E-state index is 0. The number of carbonyl (C=O) groups excluding carboxylic acids is 4. The van der Waals surface area contributed by atoms with Gasteiger partial charge in [-0.25, -0.2) is 0 Å². The van der Waals surface area contributed by atoms with Crippen molar-refractivity contribution >= 4 is 23.5 Å². The van der Waals surface area contributed by atoms with Gasteiger partial charge >= 0.3 is 19.5 Å². The Labute approximate surface area is 218 Å². The van der Waals surface area contributed by atoms with Gasteiger partial charge in [0.2, 0.25) is 0 Å². The van der Waals surface area contributed by atoms with Gasteiger partial charge in [-0.3, -0.25) is 9.59 Å².